The van der Waals surface area contributed by atoms with Crippen molar-refractivity contribution in [3.05, 3.63) is 35.0 Å². The van der Waals surface area contributed by atoms with Crippen LogP contribution in [0.25, 0.3) is 0 Å². The van der Waals surface area contributed by atoms with Crippen molar-refractivity contribution in [2.24, 2.45) is 0 Å². The highest BCUT2D eigenvalue weighted by molar-refractivity contribution is 5.82. The molecule has 3 nitrogen and oxygen atoms in total. The summed E-state index contributed by atoms with van der Waals surface area (Å²) in [5, 5.41) is 11.9. The molecule has 0 N–H and O–H groups in total. The summed E-state index contributed by atoms with van der Waals surface area (Å²) in [6.07, 6.45) is 2.04. The van der Waals surface area contributed by atoms with E-state index >= 15 is 0 Å². The number of rotatable bonds is 0. The lowest BCUT2D eigenvalue weighted by atomic mass is 10.1. The Hall–Kier alpha value is -1.51. The second-order valence-electron chi connectivity index (χ2n) is 3.86. The highest BCUT2D eigenvalue weighted by Gasteiger charge is 2.32. The molecule has 0 saturated carbocycles. The van der Waals surface area contributed by atoms with E-state index in [1.165, 1.54) is 0 Å². The second-order valence-corrected chi connectivity index (χ2v) is 3.86. The van der Waals surface area contributed by atoms with Crippen molar-refractivity contribution in [1.29, 1.82) is 0 Å². The molecule has 1 saturated heterocycles. The van der Waals surface area contributed by atoms with Gasteiger partial charge in [0.05, 0.1) is 13.0 Å². The minimum atomic E-state index is 0.834. The molecule has 0 aliphatic carbocycles. The molecular formula is C11H12N2O. The predicted molar refractivity (Wildman–Crippen MR) is 54.4 cm³/mol. The highest BCUT2D eigenvalue weighted by Crippen LogP contribution is 2.28. The Morgan fingerprint density at radius 1 is 1.29 bits per heavy atom. The van der Waals surface area contributed by atoms with Crippen LogP contribution >= 0.6 is 0 Å². The van der Waals surface area contributed by atoms with Crippen LogP contribution in [0.2, 0.25) is 0 Å². The average Bonchev–Trinajstić information content (AvgIpc) is 2.66. The van der Waals surface area contributed by atoms with E-state index in [-0.39, 0.29) is 0 Å². The normalized spacial score (nSPS) is 19.6. The van der Waals surface area contributed by atoms with Gasteiger partial charge in [-0.15, -0.1) is 0 Å². The summed E-state index contributed by atoms with van der Waals surface area (Å²) in [5.74, 6) is 0.948. The van der Waals surface area contributed by atoms with E-state index in [1.807, 2.05) is 24.3 Å². The number of hydrogen-bond acceptors (Lipinski definition) is 2. The predicted octanol–water partition coefficient (Wildman–Crippen LogP) is 1.84. The fourth-order valence-corrected chi connectivity index (χ4v) is 2.30. The summed E-state index contributed by atoms with van der Waals surface area (Å²) in [4.78, 5) is 2.19. The van der Waals surface area contributed by atoms with Gasteiger partial charge in [0.25, 0.3) is 5.84 Å². The van der Waals surface area contributed by atoms with Crippen LogP contribution in [-0.2, 0) is 6.54 Å². The molecule has 0 spiro atoms. The third-order valence-electron chi connectivity index (χ3n) is 3.00. The van der Waals surface area contributed by atoms with E-state index in [0.29, 0.717) is 0 Å². The Morgan fingerprint density at radius 2 is 2.14 bits per heavy atom. The molecule has 1 aromatic rings. The molecule has 0 unspecified atom stereocenters. The van der Waals surface area contributed by atoms with Crippen LogP contribution in [0.5, 0.6) is 0 Å². The lowest BCUT2D eigenvalue weighted by Crippen LogP contribution is -2.33. The molecule has 1 fully saturated rings. The summed E-state index contributed by atoms with van der Waals surface area (Å²) in [6.45, 7) is 1.94. The summed E-state index contributed by atoms with van der Waals surface area (Å²) < 4.78 is 1.10. The third kappa shape index (κ3) is 0.953. The number of para-hydroxylation sites is 1. The van der Waals surface area contributed by atoms with Crippen LogP contribution in [-0.4, -0.2) is 22.0 Å². The van der Waals surface area contributed by atoms with Crippen molar-refractivity contribution in [2.75, 3.05) is 6.54 Å². The van der Waals surface area contributed by atoms with Crippen LogP contribution in [0.3, 0.4) is 0 Å². The van der Waals surface area contributed by atoms with Crippen molar-refractivity contribution < 1.29 is 4.74 Å². The van der Waals surface area contributed by atoms with Gasteiger partial charge in [-0.05, 0) is 12.5 Å². The fourth-order valence-electron chi connectivity index (χ4n) is 2.30. The first-order valence-electron chi connectivity index (χ1n) is 5.02. The van der Waals surface area contributed by atoms with Gasteiger partial charge in [-0.1, -0.05) is 18.2 Å². The minimum absolute atomic E-state index is 0.834. The zero-order valence-corrected chi connectivity index (χ0v) is 7.94. The van der Waals surface area contributed by atoms with Gasteiger partial charge in [0.15, 0.2) is 0 Å². The average molecular weight is 188 g/mol. The van der Waals surface area contributed by atoms with Gasteiger partial charge < -0.3 is 5.21 Å². The van der Waals surface area contributed by atoms with E-state index in [1.54, 1.807) is 0 Å². The number of nitrogens with zero attached hydrogens (tertiary/aromatic N) is 2. The number of amidine groups is 1. The first kappa shape index (κ1) is 7.85. The molecule has 0 bridgehead atoms. The maximum Gasteiger partial charge on any atom is 0.255 e. The van der Waals surface area contributed by atoms with Gasteiger partial charge in [-0.25, -0.2) is 4.74 Å². The van der Waals surface area contributed by atoms with Crippen molar-refractivity contribution in [3.8, 4) is 0 Å². The lowest BCUT2D eigenvalue weighted by Gasteiger charge is -2.25. The van der Waals surface area contributed by atoms with Crippen LogP contribution in [0.4, 0.5) is 5.69 Å². The van der Waals surface area contributed by atoms with E-state index in [0.717, 1.165) is 47.8 Å². The lowest BCUT2D eigenvalue weighted by molar-refractivity contribution is -0.373. The Morgan fingerprint density at radius 3 is 3.07 bits per heavy atom. The largest absolute Gasteiger partial charge is 0.710 e. The van der Waals surface area contributed by atoms with Crippen molar-refractivity contribution >= 4 is 11.5 Å². The molecule has 0 atom stereocenters. The molecule has 3 heteroatoms. The summed E-state index contributed by atoms with van der Waals surface area (Å²) in [6, 6.07) is 7.86. The van der Waals surface area contributed by atoms with Crippen LogP contribution in [0.1, 0.15) is 18.4 Å². The molecule has 0 radical (unpaired) electrons. The van der Waals surface area contributed by atoms with E-state index in [4.69, 9.17) is 0 Å². The highest BCUT2D eigenvalue weighted by atomic mass is 16.5. The zero-order chi connectivity index (χ0) is 9.54. The van der Waals surface area contributed by atoms with Crippen molar-refractivity contribution in [3.63, 3.8) is 0 Å². The topological polar surface area (TPSA) is 29.3 Å². The molecule has 0 aromatic heterocycles. The smallest absolute Gasteiger partial charge is 0.255 e. The quantitative estimate of drug-likeness (QED) is 0.459. The fraction of sp³-hybridized carbons (Fsp3) is 0.364. The van der Waals surface area contributed by atoms with Gasteiger partial charge >= 0.3 is 0 Å². The van der Waals surface area contributed by atoms with Gasteiger partial charge in [-0.2, -0.15) is 0 Å². The van der Waals surface area contributed by atoms with E-state index < -0.39 is 0 Å². The maximum atomic E-state index is 11.9. The number of hydrogen-bond donors (Lipinski definition) is 0. The molecule has 14 heavy (non-hydrogen) atoms. The standard InChI is InChI=1S/C11H12N2O/c14-13-10-5-2-1-4-9(10)8-12-7-3-6-11(12)13/h1-2,4-5H,3,6-8H2. The van der Waals surface area contributed by atoms with Gasteiger partial charge in [0, 0.05) is 5.56 Å². The Kier molecular flexibility index (Phi) is 1.54. The number of fused-ring (bicyclic) bond motifs is 2. The molecular weight excluding hydrogens is 176 g/mol. The third-order valence-corrected chi connectivity index (χ3v) is 3.00. The van der Waals surface area contributed by atoms with Crippen molar-refractivity contribution in [2.45, 2.75) is 19.4 Å². The van der Waals surface area contributed by atoms with Crippen LogP contribution in [0.15, 0.2) is 24.3 Å². The Balaban J connectivity index is 2.18. The van der Waals surface area contributed by atoms with Crippen molar-refractivity contribution in [1.82, 2.24) is 4.90 Å². The first-order valence-corrected chi connectivity index (χ1v) is 5.02. The van der Waals surface area contributed by atoms with Crippen LogP contribution in [0, 0.1) is 5.21 Å². The molecule has 0 amide bonds. The molecule has 72 valence electrons. The first-order chi connectivity index (χ1) is 6.86. The SMILES string of the molecule is [O-][N+]1=C2CCCN2Cc2ccccc21. The van der Waals surface area contributed by atoms with E-state index in [2.05, 4.69) is 4.90 Å². The Bertz CT molecular complexity index is 412. The second kappa shape index (κ2) is 2.74. The summed E-state index contributed by atoms with van der Waals surface area (Å²) in [5.41, 5.74) is 1.98. The van der Waals surface area contributed by atoms with Gasteiger partial charge in [0.2, 0.25) is 0 Å². The van der Waals surface area contributed by atoms with Gasteiger partial charge in [0.1, 0.15) is 12.2 Å². The monoisotopic (exact) mass is 188 g/mol. The number of benzene rings is 1. The van der Waals surface area contributed by atoms with E-state index in [9.17, 15) is 5.21 Å². The summed E-state index contributed by atoms with van der Waals surface area (Å²) >= 11 is 0. The van der Waals surface area contributed by atoms with Gasteiger partial charge in [-0.3, -0.25) is 4.90 Å². The minimum Gasteiger partial charge on any atom is -0.710 e. The maximum absolute atomic E-state index is 11.9. The zero-order valence-electron chi connectivity index (χ0n) is 7.94. The molecule has 2 aliphatic rings. The molecule has 1 aromatic carbocycles. The molecule has 3 rings (SSSR count). The molecule has 2 heterocycles. The summed E-state index contributed by atoms with van der Waals surface area (Å²) in [7, 11) is 0. The molecule has 2 aliphatic heterocycles. The Labute approximate surface area is 82.9 Å². The van der Waals surface area contributed by atoms with Crippen LogP contribution < -0.4 is 0 Å².